The Bertz CT molecular complexity index is 556. The number of carbonyl (C=O) groups excluding carboxylic acids is 1. The van der Waals surface area contributed by atoms with Crippen molar-refractivity contribution in [2.24, 2.45) is 5.14 Å². The van der Waals surface area contributed by atoms with Gasteiger partial charge < -0.3 is 10.2 Å². The predicted octanol–water partition coefficient (Wildman–Crippen LogP) is -1.08. The summed E-state index contributed by atoms with van der Waals surface area (Å²) in [6.45, 7) is 1.89. The van der Waals surface area contributed by atoms with Gasteiger partial charge in [-0.05, 0) is 17.7 Å². The molecule has 2 rings (SSSR count). The molecule has 1 amide bonds. The average molecular weight is 284 g/mol. The smallest absolute Gasteiger partial charge is 0.274 e. The van der Waals surface area contributed by atoms with E-state index in [1.807, 2.05) is 17.0 Å². The highest BCUT2D eigenvalue weighted by molar-refractivity contribution is 7.87. The molecule has 104 valence electrons. The summed E-state index contributed by atoms with van der Waals surface area (Å²) in [5.74, 6) is 0.00576. The fourth-order valence-corrected chi connectivity index (χ4v) is 2.24. The molecule has 0 unspecified atom stereocenters. The molecule has 1 saturated heterocycles. The van der Waals surface area contributed by atoms with E-state index in [9.17, 15) is 13.2 Å². The van der Waals surface area contributed by atoms with Crippen LogP contribution in [0.5, 0.6) is 0 Å². The zero-order chi connectivity index (χ0) is 13.9. The van der Waals surface area contributed by atoms with Gasteiger partial charge in [-0.3, -0.25) is 4.79 Å². The fourth-order valence-electron chi connectivity index (χ4n) is 1.87. The Labute approximate surface area is 112 Å². The highest BCUT2D eigenvalue weighted by Crippen LogP contribution is 2.15. The van der Waals surface area contributed by atoms with E-state index < -0.39 is 10.2 Å². The zero-order valence-electron chi connectivity index (χ0n) is 10.3. The van der Waals surface area contributed by atoms with Crippen molar-refractivity contribution in [2.75, 3.05) is 24.5 Å². The van der Waals surface area contributed by atoms with Gasteiger partial charge in [-0.25, -0.2) is 5.14 Å². The second kappa shape index (κ2) is 5.55. The molecule has 1 aliphatic rings. The minimum absolute atomic E-state index is 0.00576. The first-order valence-corrected chi connectivity index (χ1v) is 7.37. The lowest BCUT2D eigenvalue weighted by atomic mass is 10.2. The SMILES string of the molecule is NS(=O)(=O)NCc1ccc(N2CCNC(=O)C2)cc1. The second-order valence-corrected chi connectivity index (χ2v) is 5.68. The van der Waals surface area contributed by atoms with Crippen LogP contribution in [0.15, 0.2) is 24.3 Å². The molecule has 0 bridgehead atoms. The number of benzene rings is 1. The lowest BCUT2D eigenvalue weighted by Crippen LogP contribution is -2.47. The molecular weight excluding hydrogens is 268 g/mol. The van der Waals surface area contributed by atoms with E-state index in [0.29, 0.717) is 13.1 Å². The number of hydrogen-bond acceptors (Lipinski definition) is 4. The third-order valence-corrected chi connectivity index (χ3v) is 3.36. The molecule has 0 atom stereocenters. The van der Waals surface area contributed by atoms with Crippen molar-refractivity contribution in [3.8, 4) is 0 Å². The molecule has 0 saturated carbocycles. The Kier molecular flexibility index (Phi) is 4.03. The first-order chi connectivity index (χ1) is 8.94. The normalized spacial score (nSPS) is 16.3. The topological polar surface area (TPSA) is 105 Å². The van der Waals surface area contributed by atoms with E-state index >= 15 is 0 Å². The number of nitrogens with zero attached hydrogens (tertiary/aromatic N) is 1. The van der Waals surface area contributed by atoms with Crippen LogP contribution in [0.25, 0.3) is 0 Å². The van der Waals surface area contributed by atoms with Crippen molar-refractivity contribution in [1.82, 2.24) is 10.0 Å². The largest absolute Gasteiger partial charge is 0.360 e. The van der Waals surface area contributed by atoms with Gasteiger partial charge in [-0.1, -0.05) is 12.1 Å². The second-order valence-electron chi connectivity index (χ2n) is 4.30. The van der Waals surface area contributed by atoms with E-state index in [1.54, 1.807) is 12.1 Å². The lowest BCUT2D eigenvalue weighted by molar-refractivity contribution is -0.120. The van der Waals surface area contributed by atoms with Crippen molar-refractivity contribution < 1.29 is 13.2 Å². The molecule has 7 nitrogen and oxygen atoms in total. The van der Waals surface area contributed by atoms with Crippen molar-refractivity contribution in [2.45, 2.75) is 6.54 Å². The van der Waals surface area contributed by atoms with Crippen LogP contribution in [0.1, 0.15) is 5.56 Å². The van der Waals surface area contributed by atoms with Gasteiger partial charge in [0.1, 0.15) is 0 Å². The van der Waals surface area contributed by atoms with Crippen molar-refractivity contribution in [3.05, 3.63) is 29.8 Å². The van der Waals surface area contributed by atoms with Gasteiger partial charge in [0, 0.05) is 25.3 Å². The Morgan fingerprint density at radius 2 is 2.00 bits per heavy atom. The maximum absolute atomic E-state index is 11.3. The van der Waals surface area contributed by atoms with Crippen LogP contribution >= 0.6 is 0 Å². The number of nitrogens with two attached hydrogens (primary N) is 1. The van der Waals surface area contributed by atoms with Gasteiger partial charge in [-0.15, -0.1) is 0 Å². The van der Waals surface area contributed by atoms with Crippen LogP contribution in [-0.4, -0.2) is 34.0 Å². The van der Waals surface area contributed by atoms with E-state index in [1.165, 1.54) is 0 Å². The third-order valence-electron chi connectivity index (χ3n) is 2.82. The molecule has 0 aliphatic carbocycles. The molecule has 0 spiro atoms. The van der Waals surface area contributed by atoms with Gasteiger partial charge in [0.15, 0.2) is 0 Å². The van der Waals surface area contributed by atoms with Gasteiger partial charge >= 0.3 is 0 Å². The summed E-state index contributed by atoms with van der Waals surface area (Å²) in [5.41, 5.74) is 1.74. The van der Waals surface area contributed by atoms with E-state index in [-0.39, 0.29) is 12.5 Å². The van der Waals surface area contributed by atoms with E-state index in [0.717, 1.165) is 17.8 Å². The number of carbonyl (C=O) groups is 1. The van der Waals surface area contributed by atoms with Crippen molar-refractivity contribution in [3.63, 3.8) is 0 Å². The summed E-state index contributed by atoms with van der Waals surface area (Å²) in [6.07, 6.45) is 0. The molecule has 19 heavy (non-hydrogen) atoms. The lowest BCUT2D eigenvalue weighted by Gasteiger charge is -2.28. The number of piperazine rings is 1. The maximum atomic E-state index is 11.3. The van der Waals surface area contributed by atoms with Gasteiger partial charge in [0.2, 0.25) is 5.91 Å². The minimum atomic E-state index is -3.67. The molecule has 1 aromatic carbocycles. The fraction of sp³-hybridized carbons (Fsp3) is 0.364. The molecular formula is C11H16N4O3S. The molecule has 1 fully saturated rings. The number of anilines is 1. The van der Waals surface area contributed by atoms with Crippen molar-refractivity contribution >= 4 is 21.8 Å². The zero-order valence-corrected chi connectivity index (χ0v) is 11.1. The molecule has 0 radical (unpaired) electrons. The summed E-state index contributed by atoms with van der Waals surface area (Å²) in [4.78, 5) is 13.3. The maximum Gasteiger partial charge on any atom is 0.274 e. The minimum Gasteiger partial charge on any atom is -0.360 e. The van der Waals surface area contributed by atoms with Crippen LogP contribution in [0.3, 0.4) is 0 Å². The quantitative estimate of drug-likeness (QED) is 0.654. The number of rotatable bonds is 4. The van der Waals surface area contributed by atoms with Crippen LogP contribution in [0, 0.1) is 0 Å². The summed E-state index contributed by atoms with van der Waals surface area (Å²) >= 11 is 0. The Hall–Kier alpha value is -1.64. The predicted molar refractivity (Wildman–Crippen MR) is 71.6 cm³/mol. The van der Waals surface area contributed by atoms with Crippen LogP contribution in [0.4, 0.5) is 5.69 Å². The summed E-state index contributed by atoms with van der Waals surface area (Å²) in [5, 5.41) is 7.61. The van der Waals surface area contributed by atoms with Crippen molar-refractivity contribution in [1.29, 1.82) is 0 Å². The molecule has 8 heteroatoms. The van der Waals surface area contributed by atoms with Crippen LogP contribution < -0.4 is 20.1 Å². The Morgan fingerprint density at radius 1 is 1.32 bits per heavy atom. The molecule has 1 aromatic rings. The number of nitrogens with one attached hydrogen (secondary N) is 2. The molecule has 0 aromatic heterocycles. The molecule has 1 aliphatic heterocycles. The monoisotopic (exact) mass is 284 g/mol. The summed E-state index contributed by atoms with van der Waals surface area (Å²) in [6, 6.07) is 7.33. The van der Waals surface area contributed by atoms with E-state index in [4.69, 9.17) is 5.14 Å². The van der Waals surface area contributed by atoms with Gasteiger partial charge in [0.25, 0.3) is 10.2 Å². The highest BCUT2D eigenvalue weighted by Gasteiger charge is 2.16. The van der Waals surface area contributed by atoms with Crippen LogP contribution in [-0.2, 0) is 21.5 Å². The standard InChI is InChI=1S/C11H16N4O3S/c12-19(17,18)14-7-9-1-3-10(4-2-9)15-6-5-13-11(16)8-15/h1-4,14H,5-8H2,(H,13,16)(H2,12,17,18). The average Bonchev–Trinajstić information content (AvgIpc) is 2.36. The highest BCUT2D eigenvalue weighted by atomic mass is 32.2. The molecule has 4 N–H and O–H groups in total. The summed E-state index contributed by atoms with van der Waals surface area (Å²) < 4.78 is 23.8. The molecule has 1 heterocycles. The first-order valence-electron chi connectivity index (χ1n) is 5.82. The summed E-state index contributed by atoms with van der Waals surface area (Å²) in [7, 11) is -3.67. The number of hydrogen-bond donors (Lipinski definition) is 3. The number of amides is 1. The van der Waals surface area contributed by atoms with E-state index in [2.05, 4.69) is 10.0 Å². The van der Waals surface area contributed by atoms with Gasteiger partial charge in [0.05, 0.1) is 6.54 Å². The van der Waals surface area contributed by atoms with Gasteiger partial charge in [-0.2, -0.15) is 13.1 Å². The Balaban J connectivity index is 2.00. The first kappa shape index (κ1) is 13.8. The Morgan fingerprint density at radius 3 is 2.58 bits per heavy atom. The third kappa shape index (κ3) is 4.19. The van der Waals surface area contributed by atoms with Crippen LogP contribution in [0.2, 0.25) is 0 Å².